The standard InChI is InChI=1S/C26H20.4C2H6/c1-3-22-23-18-12-13-19-25(23)26(24(22)4-2,21-16-10-7-11-17-21)20-14-8-5-6-9-15-20;4*1-2/h3-5,7-19H,1-2H2;4*1-2H3. The Kier molecular flexibility index (Phi) is 15.5. The van der Waals surface area contributed by atoms with Crippen molar-refractivity contribution in [3.05, 3.63) is 144 Å². The Bertz CT molecular complexity index is 1030. The van der Waals surface area contributed by atoms with Crippen LogP contribution < -0.4 is 0 Å². The topological polar surface area (TPSA) is 0 Å². The lowest BCUT2D eigenvalue weighted by Gasteiger charge is -2.35. The van der Waals surface area contributed by atoms with Gasteiger partial charge in [0.2, 0.25) is 0 Å². The maximum atomic E-state index is 4.17. The third-order valence-electron chi connectivity index (χ3n) is 5.19. The van der Waals surface area contributed by atoms with Gasteiger partial charge in [-0.2, -0.15) is 0 Å². The monoisotopic (exact) mass is 452 g/mol. The molecule has 0 heterocycles. The Balaban J connectivity index is 0.00000124. The molecule has 0 saturated heterocycles. The van der Waals surface area contributed by atoms with Crippen molar-refractivity contribution in [2.45, 2.75) is 60.8 Å². The first-order valence-electron chi connectivity index (χ1n) is 12.8. The van der Waals surface area contributed by atoms with Gasteiger partial charge in [-0.3, -0.25) is 0 Å². The van der Waals surface area contributed by atoms with Crippen LogP contribution in [0.15, 0.2) is 127 Å². The molecule has 0 radical (unpaired) electrons. The van der Waals surface area contributed by atoms with Gasteiger partial charge in [0.05, 0.1) is 5.41 Å². The minimum atomic E-state index is -0.407. The van der Waals surface area contributed by atoms with Crippen molar-refractivity contribution in [1.29, 1.82) is 0 Å². The lowest BCUT2D eigenvalue weighted by Crippen LogP contribution is -2.29. The normalized spacial score (nSPS) is 16.4. The third kappa shape index (κ3) is 5.96. The predicted molar refractivity (Wildman–Crippen MR) is 156 cm³/mol. The highest BCUT2D eigenvalue weighted by molar-refractivity contribution is 5.91. The molecule has 0 heteroatoms. The first kappa shape index (κ1) is 30.7. The van der Waals surface area contributed by atoms with E-state index in [1.54, 1.807) is 0 Å². The summed E-state index contributed by atoms with van der Waals surface area (Å²) in [4.78, 5) is 0. The van der Waals surface area contributed by atoms with E-state index in [1.165, 1.54) is 27.8 Å². The summed E-state index contributed by atoms with van der Waals surface area (Å²) in [6.45, 7) is 24.3. The summed E-state index contributed by atoms with van der Waals surface area (Å²) in [5, 5.41) is 0. The molecule has 0 bridgehead atoms. The van der Waals surface area contributed by atoms with Gasteiger partial charge in [0.15, 0.2) is 0 Å². The van der Waals surface area contributed by atoms with Crippen LogP contribution >= 0.6 is 0 Å². The second-order valence-electron chi connectivity index (χ2n) is 6.38. The van der Waals surface area contributed by atoms with Crippen LogP contribution in [0.1, 0.15) is 72.1 Å². The van der Waals surface area contributed by atoms with E-state index in [4.69, 9.17) is 0 Å². The van der Waals surface area contributed by atoms with E-state index in [-0.39, 0.29) is 0 Å². The summed E-state index contributed by atoms with van der Waals surface area (Å²) in [7, 11) is 0. The SMILES string of the molecule is C=CC1=C(C=C)C(C2=CC=C=CC=C2)(c2ccccc2)c2ccccc21.CC.CC.CC.CC. The molecule has 2 aromatic carbocycles. The Morgan fingerprint density at radius 2 is 1.29 bits per heavy atom. The van der Waals surface area contributed by atoms with Gasteiger partial charge < -0.3 is 0 Å². The largest absolute Gasteiger partial charge is 0.121 e. The van der Waals surface area contributed by atoms with Gasteiger partial charge in [-0.05, 0) is 51.6 Å². The minimum Gasteiger partial charge on any atom is -0.121 e. The lowest BCUT2D eigenvalue weighted by atomic mass is 9.66. The summed E-state index contributed by atoms with van der Waals surface area (Å²) >= 11 is 0. The maximum Gasteiger partial charge on any atom is 0.0713 e. The van der Waals surface area contributed by atoms with Gasteiger partial charge in [-0.25, -0.2) is 0 Å². The molecule has 0 nitrogen and oxygen atoms in total. The molecule has 0 aromatic heterocycles. The summed E-state index contributed by atoms with van der Waals surface area (Å²) in [5.41, 5.74) is 10.0. The van der Waals surface area contributed by atoms with Gasteiger partial charge in [-0.15, -0.1) is 5.73 Å². The number of hydrogen-bond donors (Lipinski definition) is 0. The van der Waals surface area contributed by atoms with Crippen LogP contribution in [0.3, 0.4) is 0 Å². The molecule has 1 atom stereocenters. The zero-order valence-corrected chi connectivity index (χ0v) is 22.7. The zero-order chi connectivity index (χ0) is 26.0. The van der Waals surface area contributed by atoms with Crippen molar-refractivity contribution in [3.8, 4) is 0 Å². The Morgan fingerprint density at radius 1 is 0.706 bits per heavy atom. The number of fused-ring (bicyclic) bond motifs is 1. The molecule has 0 N–H and O–H groups in total. The van der Waals surface area contributed by atoms with Crippen LogP contribution in [0.5, 0.6) is 0 Å². The molecule has 0 aliphatic heterocycles. The molecular formula is C34H44. The summed E-state index contributed by atoms with van der Waals surface area (Å²) < 4.78 is 0. The van der Waals surface area contributed by atoms with E-state index in [1.807, 2.05) is 79.7 Å². The van der Waals surface area contributed by atoms with Crippen molar-refractivity contribution in [2.75, 3.05) is 0 Å². The number of allylic oxidation sites excluding steroid dienone is 9. The molecule has 34 heavy (non-hydrogen) atoms. The smallest absolute Gasteiger partial charge is 0.0713 e. The Labute approximate surface area is 210 Å². The Morgan fingerprint density at radius 3 is 1.88 bits per heavy atom. The fraction of sp³-hybridized carbons (Fsp3) is 0.265. The van der Waals surface area contributed by atoms with Crippen LogP contribution in [0, 0.1) is 0 Å². The molecule has 2 aliphatic rings. The van der Waals surface area contributed by atoms with E-state index in [0.29, 0.717) is 0 Å². The van der Waals surface area contributed by atoms with E-state index in [0.717, 1.165) is 5.57 Å². The first-order valence-corrected chi connectivity index (χ1v) is 12.8. The summed E-state index contributed by atoms with van der Waals surface area (Å²) in [6, 6.07) is 19.2. The highest BCUT2D eigenvalue weighted by atomic mass is 14.5. The van der Waals surface area contributed by atoms with Crippen LogP contribution in [0.25, 0.3) is 5.57 Å². The van der Waals surface area contributed by atoms with Gasteiger partial charge in [0.1, 0.15) is 0 Å². The second kappa shape index (κ2) is 17.2. The molecule has 0 saturated carbocycles. The maximum absolute atomic E-state index is 4.17. The van der Waals surface area contributed by atoms with Crippen molar-refractivity contribution < 1.29 is 0 Å². The predicted octanol–water partition coefficient (Wildman–Crippen LogP) is 10.4. The molecule has 0 amide bonds. The molecule has 2 aliphatic carbocycles. The van der Waals surface area contributed by atoms with E-state index < -0.39 is 5.41 Å². The van der Waals surface area contributed by atoms with Gasteiger partial charge >= 0.3 is 0 Å². The zero-order valence-electron chi connectivity index (χ0n) is 22.7. The van der Waals surface area contributed by atoms with Crippen molar-refractivity contribution in [2.24, 2.45) is 0 Å². The van der Waals surface area contributed by atoms with Crippen LogP contribution in [0.2, 0.25) is 0 Å². The molecule has 2 aromatic rings. The number of rotatable bonds is 4. The molecule has 0 spiro atoms. The second-order valence-corrected chi connectivity index (χ2v) is 6.38. The molecule has 0 fully saturated rings. The minimum absolute atomic E-state index is 0.407. The van der Waals surface area contributed by atoms with Gasteiger partial charge in [-0.1, -0.05) is 147 Å². The van der Waals surface area contributed by atoms with Crippen molar-refractivity contribution in [3.63, 3.8) is 0 Å². The van der Waals surface area contributed by atoms with Crippen LogP contribution in [-0.2, 0) is 5.41 Å². The number of benzene rings is 2. The fourth-order valence-electron chi connectivity index (χ4n) is 4.20. The van der Waals surface area contributed by atoms with E-state index in [2.05, 4.69) is 91.7 Å². The lowest BCUT2D eigenvalue weighted by molar-refractivity contribution is 0.760. The van der Waals surface area contributed by atoms with Gasteiger partial charge in [0, 0.05) is 0 Å². The average molecular weight is 453 g/mol. The van der Waals surface area contributed by atoms with E-state index >= 15 is 0 Å². The number of hydrogen-bond acceptors (Lipinski definition) is 0. The molecule has 4 rings (SSSR count). The van der Waals surface area contributed by atoms with E-state index in [9.17, 15) is 0 Å². The van der Waals surface area contributed by atoms with Crippen LogP contribution in [-0.4, -0.2) is 0 Å². The highest BCUT2D eigenvalue weighted by Crippen LogP contribution is 2.55. The van der Waals surface area contributed by atoms with Crippen molar-refractivity contribution >= 4 is 5.57 Å². The first-order chi connectivity index (χ1) is 16.8. The van der Waals surface area contributed by atoms with Gasteiger partial charge in [0.25, 0.3) is 0 Å². The summed E-state index contributed by atoms with van der Waals surface area (Å²) in [5.74, 6) is 0. The molecule has 180 valence electrons. The quantitative estimate of drug-likeness (QED) is 0.405. The Hall–Kier alpha value is -3.34. The summed E-state index contributed by atoms with van der Waals surface area (Å²) in [6.07, 6.45) is 14.2. The van der Waals surface area contributed by atoms with Crippen molar-refractivity contribution in [1.82, 2.24) is 0 Å². The highest BCUT2D eigenvalue weighted by Gasteiger charge is 2.46. The van der Waals surface area contributed by atoms with Crippen LogP contribution in [0.4, 0.5) is 0 Å². The third-order valence-corrected chi connectivity index (χ3v) is 5.19. The average Bonchev–Trinajstić information content (AvgIpc) is 3.06. The fourth-order valence-corrected chi connectivity index (χ4v) is 4.20. The molecule has 1 unspecified atom stereocenters. The molecular weight excluding hydrogens is 408 g/mol.